The number of nitrogens with zero attached hydrogens (tertiary/aromatic N) is 4. The maximum Gasteiger partial charge on any atom is 0.191 e. The number of methoxy groups -OCH3 is 1. The third-order valence-electron chi connectivity index (χ3n) is 5.24. The molecule has 0 amide bonds. The van der Waals surface area contributed by atoms with Gasteiger partial charge in [-0.1, -0.05) is 11.6 Å². The van der Waals surface area contributed by atoms with E-state index in [0.29, 0.717) is 12.6 Å². The van der Waals surface area contributed by atoms with E-state index in [1.165, 1.54) is 0 Å². The molecule has 0 aliphatic carbocycles. The molecule has 30 heavy (non-hydrogen) atoms. The monoisotopic (exact) mass is 432 g/mol. The second-order valence-corrected chi connectivity index (χ2v) is 8.01. The fourth-order valence-corrected chi connectivity index (χ4v) is 3.72. The zero-order chi connectivity index (χ0) is 21.2. The normalized spacial score (nSPS) is 16.0. The molecular weight excluding hydrogens is 400 g/mol. The molecule has 0 atom stereocenters. The standard InChI is InChI=1S/C22H33ClN6O/c1-3-24-22(27-20-9-12-28(13-10-20)11-4-14-30-2)25-15-18-16-26-29(17-18)21-7-5-19(23)6-8-21/h5-8,16-17,20H,3-4,9-15H2,1-2H3,(H2,24,25,27). The molecule has 0 radical (unpaired) electrons. The number of rotatable bonds is 9. The van der Waals surface area contributed by atoms with Gasteiger partial charge in [-0.05, 0) is 50.5 Å². The lowest BCUT2D eigenvalue weighted by atomic mass is 10.1. The van der Waals surface area contributed by atoms with E-state index in [1.807, 2.05) is 41.3 Å². The Morgan fingerprint density at radius 3 is 2.73 bits per heavy atom. The molecule has 3 rings (SSSR count). The van der Waals surface area contributed by atoms with Gasteiger partial charge in [0.1, 0.15) is 0 Å². The van der Waals surface area contributed by atoms with Crippen molar-refractivity contribution in [2.75, 3.05) is 39.9 Å². The van der Waals surface area contributed by atoms with Crippen LogP contribution in [0.3, 0.4) is 0 Å². The summed E-state index contributed by atoms with van der Waals surface area (Å²) in [5.74, 6) is 0.870. The van der Waals surface area contributed by atoms with Crippen molar-refractivity contribution in [2.45, 2.75) is 38.8 Å². The number of ether oxygens (including phenoxy) is 1. The molecule has 1 aliphatic heterocycles. The number of piperidine rings is 1. The van der Waals surface area contributed by atoms with E-state index in [1.54, 1.807) is 7.11 Å². The quantitative estimate of drug-likeness (QED) is 0.362. The highest BCUT2D eigenvalue weighted by Gasteiger charge is 2.19. The second kappa shape index (κ2) is 11.9. The highest BCUT2D eigenvalue weighted by Crippen LogP contribution is 2.14. The lowest BCUT2D eigenvalue weighted by Gasteiger charge is -2.33. The van der Waals surface area contributed by atoms with Gasteiger partial charge >= 0.3 is 0 Å². The Morgan fingerprint density at radius 1 is 1.27 bits per heavy atom. The summed E-state index contributed by atoms with van der Waals surface area (Å²) in [6.45, 7) is 7.71. The maximum atomic E-state index is 5.97. The summed E-state index contributed by atoms with van der Waals surface area (Å²) in [7, 11) is 1.76. The van der Waals surface area contributed by atoms with Gasteiger partial charge < -0.3 is 20.3 Å². The number of hydrogen-bond acceptors (Lipinski definition) is 4. The minimum atomic E-state index is 0.457. The van der Waals surface area contributed by atoms with Gasteiger partial charge in [-0.15, -0.1) is 0 Å². The van der Waals surface area contributed by atoms with Gasteiger partial charge in [-0.3, -0.25) is 0 Å². The second-order valence-electron chi connectivity index (χ2n) is 7.57. The van der Waals surface area contributed by atoms with Gasteiger partial charge in [0.25, 0.3) is 0 Å². The molecule has 1 fully saturated rings. The van der Waals surface area contributed by atoms with Crippen molar-refractivity contribution < 1.29 is 4.74 Å². The van der Waals surface area contributed by atoms with Crippen LogP contribution < -0.4 is 10.6 Å². The van der Waals surface area contributed by atoms with E-state index in [9.17, 15) is 0 Å². The number of likely N-dealkylation sites (tertiary alicyclic amines) is 1. The summed E-state index contributed by atoms with van der Waals surface area (Å²) in [6, 6.07) is 8.10. The first-order valence-corrected chi connectivity index (χ1v) is 11.1. The van der Waals surface area contributed by atoms with Crippen molar-refractivity contribution in [3.05, 3.63) is 47.2 Å². The van der Waals surface area contributed by atoms with E-state index in [0.717, 1.165) is 74.3 Å². The van der Waals surface area contributed by atoms with Crippen molar-refractivity contribution in [2.24, 2.45) is 4.99 Å². The predicted molar refractivity (Wildman–Crippen MR) is 122 cm³/mol. The number of aromatic nitrogens is 2. The average molecular weight is 433 g/mol. The van der Waals surface area contributed by atoms with Crippen LogP contribution in [0.15, 0.2) is 41.7 Å². The van der Waals surface area contributed by atoms with Crippen LogP contribution in [0.4, 0.5) is 0 Å². The average Bonchev–Trinajstić information content (AvgIpc) is 3.23. The minimum absolute atomic E-state index is 0.457. The third kappa shape index (κ3) is 7.00. The summed E-state index contributed by atoms with van der Waals surface area (Å²) < 4.78 is 7.00. The first kappa shape index (κ1) is 22.6. The molecule has 1 saturated heterocycles. The third-order valence-corrected chi connectivity index (χ3v) is 5.49. The fourth-order valence-electron chi connectivity index (χ4n) is 3.59. The fraction of sp³-hybridized carbons (Fsp3) is 0.545. The Labute approximate surface area is 184 Å². The molecule has 1 aromatic carbocycles. The highest BCUT2D eigenvalue weighted by atomic mass is 35.5. The Morgan fingerprint density at radius 2 is 2.03 bits per heavy atom. The number of aliphatic imine (C=N–C) groups is 1. The van der Waals surface area contributed by atoms with Gasteiger partial charge in [-0.25, -0.2) is 9.67 Å². The van der Waals surface area contributed by atoms with Crippen LogP contribution >= 0.6 is 11.6 Å². The Bertz CT molecular complexity index is 783. The van der Waals surface area contributed by atoms with Crippen LogP contribution in [0.5, 0.6) is 0 Å². The lowest BCUT2D eigenvalue weighted by Crippen LogP contribution is -2.48. The van der Waals surface area contributed by atoms with Crippen molar-refractivity contribution in [1.29, 1.82) is 0 Å². The first-order chi connectivity index (χ1) is 14.7. The summed E-state index contributed by atoms with van der Waals surface area (Å²) in [5.41, 5.74) is 2.05. The van der Waals surface area contributed by atoms with Crippen molar-refractivity contribution >= 4 is 17.6 Å². The Kier molecular flexibility index (Phi) is 8.99. The molecule has 0 unspecified atom stereocenters. The lowest BCUT2D eigenvalue weighted by molar-refractivity contribution is 0.155. The number of benzene rings is 1. The number of halogens is 1. The molecule has 2 heterocycles. The van der Waals surface area contributed by atoms with E-state index in [2.05, 4.69) is 27.6 Å². The summed E-state index contributed by atoms with van der Waals surface area (Å²) in [5, 5.41) is 12.1. The van der Waals surface area contributed by atoms with Gasteiger partial charge in [0.05, 0.1) is 18.4 Å². The summed E-state index contributed by atoms with van der Waals surface area (Å²) in [4.78, 5) is 7.29. The Hall–Kier alpha value is -2.09. The molecule has 2 N–H and O–H groups in total. The number of nitrogens with one attached hydrogen (secondary N) is 2. The zero-order valence-corrected chi connectivity index (χ0v) is 18.7. The van der Waals surface area contributed by atoms with Crippen LogP contribution in [0.25, 0.3) is 5.69 Å². The predicted octanol–water partition coefficient (Wildman–Crippen LogP) is 3.08. The molecule has 0 spiro atoms. The van der Waals surface area contributed by atoms with E-state index in [-0.39, 0.29) is 0 Å². The van der Waals surface area contributed by atoms with E-state index in [4.69, 9.17) is 21.3 Å². The van der Waals surface area contributed by atoms with Crippen LogP contribution in [-0.2, 0) is 11.3 Å². The van der Waals surface area contributed by atoms with Crippen LogP contribution in [0, 0.1) is 0 Å². The zero-order valence-electron chi connectivity index (χ0n) is 18.0. The Balaban J connectivity index is 1.51. The molecular formula is C22H33ClN6O. The molecule has 164 valence electrons. The van der Waals surface area contributed by atoms with Crippen LogP contribution in [-0.4, -0.2) is 66.6 Å². The number of guanidine groups is 1. The van der Waals surface area contributed by atoms with Crippen molar-refractivity contribution in [3.8, 4) is 5.69 Å². The molecule has 1 aromatic heterocycles. The summed E-state index contributed by atoms with van der Waals surface area (Å²) >= 11 is 5.97. The molecule has 2 aromatic rings. The van der Waals surface area contributed by atoms with Crippen LogP contribution in [0.2, 0.25) is 5.02 Å². The van der Waals surface area contributed by atoms with Gasteiger partial charge in [0.15, 0.2) is 5.96 Å². The largest absolute Gasteiger partial charge is 0.385 e. The number of hydrogen-bond donors (Lipinski definition) is 2. The highest BCUT2D eigenvalue weighted by molar-refractivity contribution is 6.30. The van der Waals surface area contributed by atoms with Crippen molar-refractivity contribution in [3.63, 3.8) is 0 Å². The smallest absolute Gasteiger partial charge is 0.191 e. The maximum absolute atomic E-state index is 5.97. The van der Waals surface area contributed by atoms with Gasteiger partial charge in [0, 0.05) is 62.7 Å². The molecule has 7 nitrogen and oxygen atoms in total. The minimum Gasteiger partial charge on any atom is -0.385 e. The van der Waals surface area contributed by atoms with Gasteiger partial charge in [0.2, 0.25) is 0 Å². The molecule has 0 bridgehead atoms. The van der Waals surface area contributed by atoms with E-state index < -0.39 is 0 Å². The summed E-state index contributed by atoms with van der Waals surface area (Å²) in [6.07, 6.45) is 7.23. The topological polar surface area (TPSA) is 66.7 Å². The van der Waals surface area contributed by atoms with Crippen molar-refractivity contribution in [1.82, 2.24) is 25.3 Å². The SMILES string of the molecule is CCNC(=NCc1cnn(-c2ccc(Cl)cc2)c1)NC1CCN(CCCOC)CC1. The van der Waals surface area contributed by atoms with Crippen LogP contribution in [0.1, 0.15) is 31.7 Å². The molecule has 0 saturated carbocycles. The molecule has 1 aliphatic rings. The van der Waals surface area contributed by atoms with E-state index >= 15 is 0 Å². The molecule has 8 heteroatoms. The first-order valence-electron chi connectivity index (χ1n) is 10.7. The van der Waals surface area contributed by atoms with Gasteiger partial charge in [-0.2, -0.15) is 5.10 Å².